The number of aryl methyl sites for hydroxylation is 1. The largest absolute Gasteiger partial charge is 0.396 e. The van der Waals surface area contributed by atoms with Crippen molar-refractivity contribution in [1.82, 2.24) is 4.98 Å². The highest BCUT2D eigenvalue weighted by molar-refractivity contribution is 7.99. The number of nitrogens with zero attached hydrogens (tertiary/aromatic N) is 1. The molecule has 88 valence electrons. The summed E-state index contributed by atoms with van der Waals surface area (Å²) in [7, 11) is 0. The highest BCUT2D eigenvalue weighted by Gasteiger charge is 2.06. The third kappa shape index (κ3) is 3.83. The third-order valence-corrected chi connectivity index (χ3v) is 3.31. The van der Waals surface area contributed by atoms with E-state index in [1.807, 2.05) is 19.9 Å². The van der Waals surface area contributed by atoms with Crippen LogP contribution in [0.1, 0.15) is 18.2 Å². The number of aliphatic hydroxyl groups is 1. The number of hydrogen-bond donors (Lipinski definition) is 3. The van der Waals surface area contributed by atoms with Crippen LogP contribution >= 0.6 is 11.8 Å². The molecule has 1 aromatic rings. The van der Waals surface area contributed by atoms with Gasteiger partial charge in [0.05, 0.1) is 5.03 Å². The van der Waals surface area contributed by atoms with E-state index in [9.17, 15) is 0 Å². The summed E-state index contributed by atoms with van der Waals surface area (Å²) in [6.45, 7) is 4.04. The molecule has 0 aliphatic heterocycles. The molecule has 1 unspecified atom stereocenters. The molecule has 0 bridgehead atoms. The maximum Gasteiger partial charge on any atom is 0.122 e. The Morgan fingerprint density at radius 3 is 2.88 bits per heavy atom. The molecule has 0 spiro atoms. The molecule has 5 heteroatoms. The Balaban J connectivity index is 2.76. The fraction of sp³-hybridized carbons (Fsp3) is 0.455. The molecule has 1 heterocycles. The zero-order valence-corrected chi connectivity index (χ0v) is 10.3. The minimum Gasteiger partial charge on any atom is -0.396 e. The number of hydrogen-bond acceptors (Lipinski definition) is 4. The molecule has 0 saturated heterocycles. The van der Waals surface area contributed by atoms with Gasteiger partial charge in [-0.1, -0.05) is 6.92 Å². The number of amidine groups is 1. The number of pyridine rings is 1. The molecular weight excluding hydrogens is 222 g/mol. The van der Waals surface area contributed by atoms with Gasteiger partial charge in [0, 0.05) is 23.6 Å². The predicted octanol–water partition coefficient (Wildman–Crippen LogP) is 1.39. The quantitative estimate of drug-likeness (QED) is 0.412. The highest BCUT2D eigenvalue weighted by atomic mass is 32.2. The smallest absolute Gasteiger partial charge is 0.122 e. The average molecular weight is 239 g/mol. The van der Waals surface area contributed by atoms with Gasteiger partial charge in [-0.05, 0) is 25.0 Å². The van der Waals surface area contributed by atoms with Gasteiger partial charge in [0.1, 0.15) is 5.84 Å². The van der Waals surface area contributed by atoms with Crippen molar-refractivity contribution in [3.05, 3.63) is 23.4 Å². The van der Waals surface area contributed by atoms with Gasteiger partial charge in [0.15, 0.2) is 0 Å². The first-order valence-electron chi connectivity index (χ1n) is 5.09. The fourth-order valence-electron chi connectivity index (χ4n) is 1.15. The van der Waals surface area contributed by atoms with E-state index in [1.165, 1.54) is 0 Å². The van der Waals surface area contributed by atoms with Crippen LogP contribution < -0.4 is 5.73 Å². The monoisotopic (exact) mass is 239 g/mol. The van der Waals surface area contributed by atoms with E-state index in [0.29, 0.717) is 5.56 Å². The van der Waals surface area contributed by atoms with Gasteiger partial charge in [-0.2, -0.15) is 0 Å². The van der Waals surface area contributed by atoms with Crippen molar-refractivity contribution in [2.45, 2.75) is 18.9 Å². The Hall–Kier alpha value is -1.07. The number of nitrogens with two attached hydrogens (primary N) is 1. The Kier molecular flexibility index (Phi) is 4.76. The number of nitrogen functional groups attached to an aromatic ring is 1. The van der Waals surface area contributed by atoms with E-state index < -0.39 is 0 Å². The van der Waals surface area contributed by atoms with Crippen LogP contribution in [0.5, 0.6) is 0 Å². The maximum atomic E-state index is 8.92. The van der Waals surface area contributed by atoms with Crippen molar-refractivity contribution >= 4 is 17.6 Å². The molecule has 0 amide bonds. The lowest BCUT2D eigenvalue weighted by Gasteiger charge is -2.08. The second kappa shape index (κ2) is 5.86. The first-order valence-corrected chi connectivity index (χ1v) is 6.08. The summed E-state index contributed by atoms with van der Waals surface area (Å²) >= 11 is 1.58. The summed E-state index contributed by atoms with van der Waals surface area (Å²) in [5.41, 5.74) is 6.99. The summed E-state index contributed by atoms with van der Waals surface area (Å²) in [5.74, 6) is 1.11. The lowest BCUT2D eigenvalue weighted by Crippen LogP contribution is -2.12. The van der Waals surface area contributed by atoms with E-state index in [2.05, 4.69) is 4.98 Å². The summed E-state index contributed by atoms with van der Waals surface area (Å²) in [6.07, 6.45) is 0. The minimum atomic E-state index is 0.0579. The first-order chi connectivity index (χ1) is 7.52. The normalized spacial score (nSPS) is 12.4. The van der Waals surface area contributed by atoms with Crippen molar-refractivity contribution in [2.24, 2.45) is 11.7 Å². The van der Waals surface area contributed by atoms with E-state index in [0.717, 1.165) is 16.5 Å². The summed E-state index contributed by atoms with van der Waals surface area (Å²) in [6, 6.07) is 3.60. The van der Waals surface area contributed by atoms with Gasteiger partial charge < -0.3 is 10.8 Å². The molecule has 0 saturated carbocycles. The first kappa shape index (κ1) is 13.0. The van der Waals surface area contributed by atoms with Crippen LogP contribution in [0.3, 0.4) is 0 Å². The van der Waals surface area contributed by atoms with Crippen LogP contribution in [-0.4, -0.2) is 28.3 Å². The molecule has 0 aromatic carbocycles. The molecular formula is C11H17N3OS. The van der Waals surface area contributed by atoms with Crippen molar-refractivity contribution in [3.63, 3.8) is 0 Å². The van der Waals surface area contributed by atoms with Gasteiger partial charge >= 0.3 is 0 Å². The van der Waals surface area contributed by atoms with Gasteiger partial charge in [-0.15, -0.1) is 11.8 Å². The van der Waals surface area contributed by atoms with Crippen LogP contribution in [0.15, 0.2) is 17.2 Å². The standard InChI is InChI=1S/C11H17N3OS/c1-7(5-15)6-16-10-4-9(11(12)13)3-8(2)14-10/h3-4,7,15H,5-6H2,1-2H3,(H3,12,13). The second-order valence-corrected chi connectivity index (χ2v) is 4.89. The zero-order valence-electron chi connectivity index (χ0n) is 9.53. The summed E-state index contributed by atoms with van der Waals surface area (Å²) in [4.78, 5) is 4.35. The zero-order chi connectivity index (χ0) is 12.1. The Labute approximate surface area is 99.8 Å². The van der Waals surface area contributed by atoms with E-state index >= 15 is 0 Å². The molecule has 1 rings (SSSR count). The van der Waals surface area contributed by atoms with Crippen LogP contribution in [0, 0.1) is 18.3 Å². The molecule has 1 aromatic heterocycles. The summed E-state index contributed by atoms with van der Waals surface area (Å²) in [5, 5.41) is 17.2. The lowest BCUT2D eigenvalue weighted by atomic mass is 10.2. The number of rotatable bonds is 5. The topological polar surface area (TPSA) is 83.0 Å². The highest BCUT2D eigenvalue weighted by Crippen LogP contribution is 2.20. The maximum absolute atomic E-state index is 8.92. The number of thioether (sulfide) groups is 1. The molecule has 0 aliphatic rings. The van der Waals surface area contributed by atoms with Crippen molar-refractivity contribution < 1.29 is 5.11 Å². The van der Waals surface area contributed by atoms with Crippen LogP contribution in [-0.2, 0) is 0 Å². The Morgan fingerprint density at radius 1 is 1.62 bits per heavy atom. The molecule has 0 radical (unpaired) electrons. The van der Waals surface area contributed by atoms with Crippen molar-refractivity contribution in [2.75, 3.05) is 12.4 Å². The van der Waals surface area contributed by atoms with Crippen LogP contribution in [0.4, 0.5) is 0 Å². The van der Waals surface area contributed by atoms with Crippen LogP contribution in [0.25, 0.3) is 0 Å². The minimum absolute atomic E-state index is 0.0579. The van der Waals surface area contributed by atoms with E-state index in [1.54, 1.807) is 17.8 Å². The lowest BCUT2D eigenvalue weighted by molar-refractivity contribution is 0.250. The van der Waals surface area contributed by atoms with Gasteiger partial charge in [-0.25, -0.2) is 4.98 Å². The van der Waals surface area contributed by atoms with Gasteiger partial charge in [0.25, 0.3) is 0 Å². The molecule has 0 fully saturated rings. The molecule has 4 nitrogen and oxygen atoms in total. The van der Waals surface area contributed by atoms with E-state index in [-0.39, 0.29) is 18.4 Å². The number of nitrogens with one attached hydrogen (secondary N) is 1. The molecule has 0 aliphatic carbocycles. The molecule has 16 heavy (non-hydrogen) atoms. The predicted molar refractivity (Wildman–Crippen MR) is 67.0 cm³/mol. The number of aliphatic hydroxyl groups excluding tert-OH is 1. The third-order valence-electron chi connectivity index (χ3n) is 2.07. The SMILES string of the molecule is Cc1cc(C(=N)N)cc(SCC(C)CO)n1. The Morgan fingerprint density at radius 2 is 2.31 bits per heavy atom. The average Bonchev–Trinajstić information content (AvgIpc) is 2.25. The van der Waals surface area contributed by atoms with E-state index in [4.69, 9.17) is 16.2 Å². The summed E-state index contributed by atoms with van der Waals surface area (Å²) < 4.78 is 0. The fourth-order valence-corrected chi connectivity index (χ4v) is 2.13. The molecule has 1 atom stereocenters. The Bertz CT molecular complexity index is 381. The van der Waals surface area contributed by atoms with Gasteiger partial charge in [0.2, 0.25) is 0 Å². The van der Waals surface area contributed by atoms with Crippen molar-refractivity contribution in [1.29, 1.82) is 5.41 Å². The van der Waals surface area contributed by atoms with Crippen LogP contribution in [0.2, 0.25) is 0 Å². The van der Waals surface area contributed by atoms with Gasteiger partial charge in [-0.3, -0.25) is 5.41 Å². The van der Waals surface area contributed by atoms with Crippen molar-refractivity contribution in [3.8, 4) is 0 Å². The number of aromatic nitrogens is 1. The molecule has 4 N–H and O–H groups in total. The second-order valence-electron chi connectivity index (χ2n) is 3.85.